The van der Waals surface area contributed by atoms with Gasteiger partial charge in [0.1, 0.15) is 22.8 Å². The average Bonchev–Trinajstić information content (AvgIpc) is 3.14. The second-order valence-electron chi connectivity index (χ2n) is 7.47. The van der Waals surface area contributed by atoms with Gasteiger partial charge in [-0.25, -0.2) is 13.6 Å². The summed E-state index contributed by atoms with van der Waals surface area (Å²) >= 11 is 7.28. The monoisotopic (exact) mass is 521 g/mol. The normalized spacial score (nSPS) is 11.9. The summed E-state index contributed by atoms with van der Waals surface area (Å²) in [7, 11) is 0. The van der Waals surface area contributed by atoms with Crippen molar-refractivity contribution in [1.29, 1.82) is 0 Å². The molecule has 3 N–H and O–H groups in total. The molecule has 3 aromatic rings. The van der Waals surface area contributed by atoms with Gasteiger partial charge in [-0.1, -0.05) is 35.1 Å². The largest absolute Gasteiger partial charge is 0.507 e. The molecular formula is C25H22ClF2NO5S. The number of aromatic hydroxyl groups is 1. The summed E-state index contributed by atoms with van der Waals surface area (Å²) in [5.41, 5.74) is 4.09. The molecule has 0 fully saturated rings. The zero-order chi connectivity index (χ0) is 25.5. The van der Waals surface area contributed by atoms with Gasteiger partial charge in [-0.3, -0.25) is 4.79 Å². The molecule has 3 rings (SSSR count). The van der Waals surface area contributed by atoms with Crippen molar-refractivity contribution in [2.75, 3.05) is 6.54 Å². The van der Waals surface area contributed by atoms with Gasteiger partial charge in [0.2, 0.25) is 0 Å². The van der Waals surface area contributed by atoms with E-state index in [1.54, 1.807) is 0 Å². The lowest BCUT2D eigenvalue weighted by molar-refractivity contribution is 0.102. The predicted molar refractivity (Wildman–Crippen MR) is 132 cm³/mol. The number of rotatable bonds is 10. The fourth-order valence-corrected chi connectivity index (χ4v) is 4.35. The average molecular weight is 522 g/mol. The van der Waals surface area contributed by atoms with E-state index in [0.29, 0.717) is 24.3 Å². The first-order valence-corrected chi connectivity index (χ1v) is 11.7. The van der Waals surface area contributed by atoms with Crippen LogP contribution >= 0.6 is 22.9 Å². The summed E-state index contributed by atoms with van der Waals surface area (Å²) in [6.45, 7) is 1.91. The van der Waals surface area contributed by atoms with E-state index < -0.39 is 34.4 Å². The van der Waals surface area contributed by atoms with Crippen molar-refractivity contribution in [3.63, 3.8) is 0 Å². The zero-order valence-corrected chi connectivity index (χ0v) is 20.2. The van der Waals surface area contributed by atoms with Gasteiger partial charge in [-0.15, -0.1) is 0 Å². The van der Waals surface area contributed by atoms with Crippen molar-refractivity contribution in [1.82, 2.24) is 0 Å². The highest BCUT2D eigenvalue weighted by atomic mass is 35.5. The van der Waals surface area contributed by atoms with Gasteiger partial charge in [-0.05, 0) is 43.5 Å². The third-order valence-corrected chi connectivity index (χ3v) is 6.20. The smallest absolute Gasteiger partial charge is 0.351 e. The highest BCUT2D eigenvalue weighted by molar-refractivity contribution is 7.15. The van der Waals surface area contributed by atoms with E-state index in [0.717, 1.165) is 29.9 Å². The molecule has 184 valence electrons. The number of ketones is 1. The molecule has 0 atom stereocenters. The number of hydrogen-bond donors (Lipinski definition) is 2. The van der Waals surface area contributed by atoms with Crippen LogP contribution in [0.1, 0.15) is 40.8 Å². The van der Waals surface area contributed by atoms with Crippen LogP contribution in [0.2, 0.25) is 5.02 Å². The van der Waals surface area contributed by atoms with E-state index in [9.17, 15) is 23.5 Å². The quantitative estimate of drug-likeness (QED) is 0.141. The second kappa shape index (κ2) is 11.9. The molecule has 0 radical (unpaired) electrons. The number of carbonyl (C=O) groups excluding carboxylic acids is 1. The number of allylic oxidation sites excluding steroid dienone is 2. The number of thiophene rings is 1. The number of halogens is 3. The van der Waals surface area contributed by atoms with Gasteiger partial charge in [0, 0.05) is 36.0 Å². The van der Waals surface area contributed by atoms with Crippen molar-refractivity contribution in [2.24, 2.45) is 5.73 Å². The SMILES string of the molecule is C/C(=C\c1sc(Oc2ccc(F)c(F)c2)cc1Cl)C(=O)c1c(O)cc(CCC/C=C/CN)oc1=O. The number of hydrogen-bond acceptors (Lipinski definition) is 7. The first kappa shape index (κ1) is 26.3. The molecule has 35 heavy (non-hydrogen) atoms. The molecule has 0 saturated carbocycles. The summed E-state index contributed by atoms with van der Waals surface area (Å²) < 4.78 is 37.2. The fraction of sp³-hybridized carbons (Fsp3) is 0.200. The Morgan fingerprint density at radius 2 is 2.00 bits per heavy atom. The summed E-state index contributed by atoms with van der Waals surface area (Å²) in [5, 5.41) is 10.8. The van der Waals surface area contributed by atoms with Crippen molar-refractivity contribution in [3.05, 3.63) is 91.3 Å². The van der Waals surface area contributed by atoms with E-state index in [1.165, 1.54) is 31.2 Å². The van der Waals surface area contributed by atoms with Crippen molar-refractivity contribution in [3.8, 4) is 16.6 Å². The maximum atomic E-state index is 13.4. The number of nitrogens with two attached hydrogens (primary N) is 1. The second-order valence-corrected chi connectivity index (χ2v) is 8.93. The lowest BCUT2D eigenvalue weighted by Crippen LogP contribution is -2.16. The molecule has 2 aromatic heterocycles. The highest BCUT2D eigenvalue weighted by Crippen LogP contribution is 2.37. The van der Waals surface area contributed by atoms with Crippen molar-refractivity contribution >= 4 is 34.8 Å². The van der Waals surface area contributed by atoms with E-state index in [-0.39, 0.29) is 27.2 Å². The molecule has 0 amide bonds. The lowest BCUT2D eigenvalue weighted by Gasteiger charge is -2.05. The number of benzene rings is 1. The summed E-state index contributed by atoms with van der Waals surface area (Å²) in [6.07, 6.45) is 6.98. The molecule has 10 heteroatoms. The number of carbonyl (C=O) groups is 1. The minimum atomic E-state index is -1.06. The summed E-state index contributed by atoms with van der Waals surface area (Å²) in [4.78, 5) is 25.7. The third kappa shape index (κ3) is 6.88. The third-order valence-electron chi connectivity index (χ3n) is 4.81. The standard InChI is InChI=1S/C25H22ClF2NO5S/c1-14(10-21-17(26)13-22(35-21)33-16-7-8-18(27)19(28)11-16)24(31)23-20(30)12-15(34-25(23)32)6-4-2-3-5-9-29/h3,5,7-8,10-13,30H,2,4,6,9,29H2,1H3/b5-3+,14-10+. The van der Waals surface area contributed by atoms with Crippen LogP contribution in [0.4, 0.5) is 8.78 Å². The molecule has 0 spiro atoms. The number of aryl methyl sites for hydroxylation is 1. The molecular weight excluding hydrogens is 500 g/mol. The Bertz CT molecular complexity index is 1350. The highest BCUT2D eigenvalue weighted by Gasteiger charge is 2.21. The van der Waals surface area contributed by atoms with Crippen LogP contribution in [0.25, 0.3) is 6.08 Å². The summed E-state index contributed by atoms with van der Waals surface area (Å²) in [5.74, 6) is -2.90. The van der Waals surface area contributed by atoms with Crippen LogP contribution in [-0.2, 0) is 6.42 Å². The molecule has 0 aliphatic heterocycles. The Morgan fingerprint density at radius 3 is 2.69 bits per heavy atom. The Kier molecular flexibility index (Phi) is 8.97. The van der Waals surface area contributed by atoms with E-state index in [4.69, 9.17) is 26.5 Å². The molecule has 0 aliphatic rings. The van der Waals surface area contributed by atoms with Gasteiger partial charge in [0.05, 0.1) is 5.02 Å². The first-order chi connectivity index (χ1) is 16.7. The van der Waals surface area contributed by atoms with Crippen LogP contribution in [-0.4, -0.2) is 17.4 Å². The lowest BCUT2D eigenvalue weighted by atomic mass is 10.0. The first-order valence-electron chi connectivity index (χ1n) is 10.6. The van der Waals surface area contributed by atoms with Crippen LogP contribution < -0.4 is 16.1 Å². The molecule has 0 unspecified atom stereocenters. The zero-order valence-electron chi connectivity index (χ0n) is 18.6. The molecule has 1 aromatic carbocycles. The molecule has 0 aliphatic carbocycles. The molecule has 6 nitrogen and oxygen atoms in total. The molecule has 0 bridgehead atoms. The maximum absolute atomic E-state index is 13.4. The fourth-order valence-electron chi connectivity index (χ4n) is 3.09. The van der Waals surface area contributed by atoms with Gasteiger partial charge in [0.25, 0.3) is 0 Å². The van der Waals surface area contributed by atoms with Gasteiger partial charge >= 0.3 is 5.63 Å². The molecule has 0 saturated heterocycles. The number of Topliss-reactive ketones (excluding diaryl/α,β-unsaturated/α-hetero) is 1. The predicted octanol–water partition coefficient (Wildman–Crippen LogP) is 6.25. The van der Waals surface area contributed by atoms with Gasteiger partial charge in [0.15, 0.2) is 22.5 Å². The number of unbranched alkanes of at least 4 members (excludes halogenated alkanes) is 1. The molecule has 2 heterocycles. The Labute approximate surface area is 208 Å². The topological polar surface area (TPSA) is 103 Å². The minimum Gasteiger partial charge on any atom is -0.507 e. The van der Waals surface area contributed by atoms with Crippen LogP contribution in [0, 0.1) is 11.6 Å². The van der Waals surface area contributed by atoms with E-state index >= 15 is 0 Å². The summed E-state index contributed by atoms with van der Waals surface area (Å²) in [6, 6.07) is 5.82. The van der Waals surface area contributed by atoms with Crippen molar-refractivity contribution < 1.29 is 27.8 Å². The Balaban J connectivity index is 1.76. The number of ether oxygens (including phenoxy) is 1. The van der Waals surface area contributed by atoms with Crippen LogP contribution in [0.15, 0.2) is 57.3 Å². The van der Waals surface area contributed by atoms with Gasteiger partial charge < -0.3 is 20.0 Å². The Hall–Kier alpha value is -3.27. The van der Waals surface area contributed by atoms with Crippen LogP contribution in [0.5, 0.6) is 16.6 Å². The minimum absolute atomic E-state index is 0.0724. The Morgan fingerprint density at radius 1 is 1.23 bits per heavy atom. The van der Waals surface area contributed by atoms with Gasteiger partial charge in [-0.2, -0.15) is 0 Å². The van der Waals surface area contributed by atoms with E-state index in [2.05, 4.69) is 0 Å². The maximum Gasteiger partial charge on any atom is 0.351 e. The van der Waals surface area contributed by atoms with Crippen molar-refractivity contribution in [2.45, 2.75) is 26.2 Å². The van der Waals surface area contributed by atoms with E-state index in [1.807, 2.05) is 12.2 Å². The van der Waals surface area contributed by atoms with Crippen LogP contribution in [0.3, 0.4) is 0 Å².